The van der Waals surface area contributed by atoms with E-state index in [1.807, 2.05) is 0 Å². The molecule has 0 spiro atoms. The maximum Gasteiger partial charge on any atom is 0.146 e. The molecule has 2 aromatic rings. The van der Waals surface area contributed by atoms with Crippen LogP contribution in [0.4, 0.5) is 18.9 Å². The highest BCUT2D eigenvalue weighted by Gasteiger charge is 2.14. The third kappa shape index (κ3) is 2.11. The average molecular weight is 253 g/mol. The lowest BCUT2D eigenvalue weighted by molar-refractivity contribution is 0.415. The molecular weight excluding hydrogens is 243 g/mol. The number of hydrogen-bond acceptors (Lipinski definition) is 2. The zero-order chi connectivity index (χ0) is 13.3. The van der Waals surface area contributed by atoms with Gasteiger partial charge in [-0.1, -0.05) is 0 Å². The summed E-state index contributed by atoms with van der Waals surface area (Å²) in [4.78, 5) is 0. The van der Waals surface area contributed by atoms with E-state index in [2.05, 4.69) is 0 Å². The van der Waals surface area contributed by atoms with E-state index in [1.165, 1.54) is 19.2 Å². The SMILES string of the molecule is COc1ccc(F)cc1-c1cc(F)c(N)cc1F. The zero-order valence-corrected chi connectivity index (χ0v) is 9.51. The number of nitrogens with two attached hydrogens (primary N) is 1. The van der Waals surface area contributed by atoms with Gasteiger partial charge in [-0.05, 0) is 24.3 Å². The van der Waals surface area contributed by atoms with Gasteiger partial charge in [-0.3, -0.25) is 0 Å². The first-order valence-electron chi connectivity index (χ1n) is 5.11. The van der Waals surface area contributed by atoms with Crippen LogP contribution in [-0.2, 0) is 0 Å². The summed E-state index contributed by atoms with van der Waals surface area (Å²) in [6, 6.07) is 5.37. The van der Waals surface area contributed by atoms with Crippen molar-refractivity contribution in [2.45, 2.75) is 0 Å². The summed E-state index contributed by atoms with van der Waals surface area (Å²) in [5.41, 5.74) is 4.98. The second-order valence-corrected chi connectivity index (χ2v) is 3.70. The van der Waals surface area contributed by atoms with Crippen LogP contribution in [0.15, 0.2) is 30.3 Å². The molecule has 2 N–H and O–H groups in total. The Morgan fingerprint density at radius 2 is 1.67 bits per heavy atom. The molecule has 0 aliphatic heterocycles. The molecule has 0 amide bonds. The van der Waals surface area contributed by atoms with Crippen molar-refractivity contribution in [3.05, 3.63) is 47.8 Å². The summed E-state index contributed by atoms with van der Waals surface area (Å²) in [6.07, 6.45) is 0. The summed E-state index contributed by atoms with van der Waals surface area (Å²) in [7, 11) is 1.36. The number of methoxy groups -OCH3 is 1. The Kier molecular flexibility index (Phi) is 3.14. The maximum absolute atomic E-state index is 13.7. The van der Waals surface area contributed by atoms with E-state index < -0.39 is 17.5 Å². The minimum Gasteiger partial charge on any atom is -0.496 e. The molecule has 0 atom stereocenters. The van der Waals surface area contributed by atoms with Gasteiger partial charge in [0.15, 0.2) is 0 Å². The van der Waals surface area contributed by atoms with Crippen LogP contribution in [0.5, 0.6) is 5.75 Å². The Morgan fingerprint density at radius 3 is 2.33 bits per heavy atom. The van der Waals surface area contributed by atoms with Crippen molar-refractivity contribution in [2.75, 3.05) is 12.8 Å². The van der Waals surface area contributed by atoms with Gasteiger partial charge in [0.05, 0.1) is 12.8 Å². The smallest absolute Gasteiger partial charge is 0.146 e. The lowest BCUT2D eigenvalue weighted by atomic mass is 10.0. The van der Waals surface area contributed by atoms with Gasteiger partial charge in [0.2, 0.25) is 0 Å². The maximum atomic E-state index is 13.7. The molecule has 0 aliphatic carbocycles. The van der Waals surface area contributed by atoms with E-state index in [-0.39, 0.29) is 22.6 Å². The van der Waals surface area contributed by atoms with Gasteiger partial charge in [-0.2, -0.15) is 0 Å². The van der Waals surface area contributed by atoms with Crippen molar-refractivity contribution >= 4 is 5.69 Å². The lowest BCUT2D eigenvalue weighted by Crippen LogP contribution is -1.96. The normalized spacial score (nSPS) is 10.4. The Balaban J connectivity index is 2.68. The largest absolute Gasteiger partial charge is 0.496 e. The molecular formula is C13H10F3NO. The molecule has 2 aromatic carbocycles. The Labute approximate surface area is 102 Å². The van der Waals surface area contributed by atoms with Gasteiger partial charge >= 0.3 is 0 Å². The molecule has 0 heterocycles. The fourth-order valence-corrected chi connectivity index (χ4v) is 1.66. The molecule has 0 bridgehead atoms. The van der Waals surface area contributed by atoms with Gasteiger partial charge < -0.3 is 10.5 Å². The third-order valence-corrected chi connectivity index (χ3v) is 2.54. The number of ether oxygens (including phenoxy) is 1. The van der Waals surface area contributed by atoms with Crippen molar-refractivity contribution in [3.63, 3.8) is 0 Å². The van der Waals surface area contributed by atoms with Crippen LogP contribution in [0.3, 0.4) is 0 Å². The second kappa shape index (κ2) is 4.60. The molecule has 0 saturated heterocycles. The van der Waals surface area contributed by atoms with Crippen LogP contribution >= 0.6 is 0 Å². The number of halogens is 3. The highest BCUT2D eigenvalue weighted by atomic mass is 19.1. The molecule has 0 radical (unpaired) electrons. The van der Waals surface area contributed by atoms with E-state index in [0.717, 1.165) is 18.2 Å². The van der Waals surface area contributed by atoms with Crippen LogP contribution in [0.2, 0.25) is 0 Å². The molecule has 2 rings (SSSR count). The first-order valence-corrected chi connectivity index (χ1v) is 5.11. The highest BCUT2D eigenvalue weighted by Crippen LogP contribution is 2.34. The Morgan fingerprint density at radius 1 is 0.944 bits per heavy atom. The van der Waals surface area contributed by atoms with Crippen molar-refractivity contribution in [3.8, 4) is 16.9 Å². The topological polar surface area (TPSA) is 35.2 Å². The summed E-state index contributed by atoms with van der Waals surface area (Å²) < 4.78 is 45.3. The number of nitrogen functional groups attached to an aromatic ring is 1. The molecule has 0 unspecified atom stereocenters. The second-order valence-electron chi connectivity index (χ2n) is 3.70. The number of anilines is 1. The number of hydrogen-bond donors (Lipinski definition) is 1. The predicted molar refractivity (Wildman–Crippen MR) is 62.7 cm³/mol. The molecule has 0 aromatic heterocycles. The van der Waals surface area contributed by atoms with E-state index >= 15 is 0 Å². The zero-order valence-electron chi connectivity index (χ0n) is 9.51. The molecule has 0 fully saturated rings. The van der Waals surface area contributed by atoms with Gasteiger partial charge in [0.25, 0.3) is 0 Å². The highest BCUT2D eigenvalue weighted by molar-refractivity contribution is 5.72. The summed E-state index contributed by atoms with van der Waals surface area (Å²) in [5, 5.41) is 0. The molecule has 94 valence electrons. The summed E-state index contributed by atoms with van der Waals surface area (Å²) in [6.45, 7) is 0. The first kappa shape index (κ1) is 12.3. The lowest BCUT2D eigenvalue weighted by Gasteiger charge is -2.10. The van der Waals surface area contributed by atoms with E-state index in [9.17, 15) is 13.2 Å². The quantitative estimate of drug-likeness (QED) is 0.833. The third-order valence-electron chi connectivity index (χ3n) is 2.54. The average Bonchev–Trinajstić information content (AvgIpc) is 2.34. The van der Waals surface area contributed by atoms with E-state index in [1.54, 1.807) is 0 Å². The van der Waals surface area contributed by atoms with Crippen LogP contribution in [0.1, 0.15) is 0 Å². The van der Waals surface area contributed by atoms with Crippen LogP contribution in [0, 0.1) is 17.5 Å². The van der Waals surface area contributed by atoms with Gasteiger partial charge in [0, 0.05) is 17.2 Å². The molecule has 0 saturated carbocycles. The van der Waals surface area contributed by atoms with Gasteiger partial charge in [-0.25, -0.2) is 13.2 Å². The summed E-state index contributed by atoms with van der Waals surface area (Å²) >= 11 is 0. The summed E-state index contributed by atoms with van der Waals surface area (Å²) in [5.74, 6) is -1.82. The molecule has 18 heavy (non-hydrogen) atoms. The van der Waals surface area contributed by atoms with E-state index in [0.29, 0.717) is 0 Å². The van der Waals surface area contributed by atoms with Crippen molar-refractivity contribution in [2.24, 2.45) is 0 Å². The minimum absolute atomic E-state index is 0.0990. The van der Waals surface area contributed by atoms with E-state index in [4.69, 9.17) is 10.5 Å². The van der Waals surface area contributed by atoms with Crippen LogP contribution in [-0.4, -0.2) is 7.11 Å². The van der Waals surface area contributed by atoms with Gasteiger partial charge in [-0.15, -0.1) is 0 Å². The first-order chi connectivity index (χ1) is 8.52. The Hall–Kier alpha value is -2.17. The fraction of sp³-hybridized carbons (Fsp3) is 0.0769. The Bertz CT molecular complexity index is 599. The number of rotatable bonds is 2. The predicted octanol–water partition coefficient (Wildman–Crippen LogP) is 3.36. The monoisotopic (exact) mass is 253 g/mol. The molecule has 5 heteroatoms. The standard InChI is InChI=1S/C13H10F3NO/c1-18-13-3-2-7(14)4-9(13)8-5-11(16)12(17)6-10(8)15/h2-6H,17H2,1H3. The molecule has 0 aliphatic rings. The van der Waals surface area contributed by atoms with Crippen LogP contribution in [0.25, 0.3) is 11.1 Å². The minimum atomic E-state index is -0.766. The van der Waals surface area contributed by atoms with Crippen molar-refractivity contribution in [1.82, 2.24) is 0 Å². The van der Waals surface area contributed by atoms with Gasteiger partial charge in [0.1, 0.15) is 23.2 Å². The fourth-order valence-electron chi connectivity index (χ4n) is 1.66. The van der Waals surface area contributed by atoms with Crippen molar-refractivity contribution in [1.29, 1.82) is 0 Å². The van der Waals surface area contributed by atoms with Crippen LogP contribution < -0.4 is 10.5 Å². The van der Waals surface area contributed by atoms with Crippen molar-refractivity contribution < 1.29 is 17.9 Å². The molecule has 2 nitrogen and oxygen atoms in total. The number of benzene rings is 2.